The monoisotopic (exact) mass is 230 g/mol. The molecule has 0 saturated heterocycles. The number of amides is 1. The van der Waals surface area contributed by atoms with Crippen molar-refractivity contribution in [2.24, 2.45) is 5.92 Å². The van der Waals surface area contributed by atoms with E-state index in [1.54, 1.807) is 0 Å². The van der Waals surface area contributed by atoms with Gasteiger partial charge >= 0.3 is 0 Å². The molecule has 0 atom stereocenters. The van der Waals surface area contributed by atoms with Gasteiger partial charge in [-0.25, -0.2) is 4.39 Å². The molecule has 3 N–H and O–H groups in total. The van der Waals surface area contributed by atoms with Crippen molar-refractivity contribution < 1.29 is 9.18 Å². The lowest BCUT2D eigenvalue weighted by molar-refractivity contribution is -0.117. The fraction of sp³-hybridized carbons (Fsp3) is 0.300. The number of rotatable bonds is 2. The Morgan fingerprint density at radius 2 is 2.13 bits per heavy atom. The van der Waals surface area contributed by atoms with Crippen molar-refractivity contribution in [2.45, 2.75) is 12.8 Å². The van der Waals surface area contributed by atoms with Crippen molar-refractivity contribution in [3.63, 3.8) is 0 Å². The SMILES string of the molecule is Cl.Nc1ccc(F)c(NC(=O)C2CC2)c1. The van der Waals surface area contributed by atoms with Gasteiger partial charge in [0.15, 0.2) is 0 Å². The van der Waals surface area contributed by atoms with E-state index < -0.39 is 5.82 Å². The summed E-state index contributed by atoms with van der Waals surface area (Å²) in [6.07, 6.45) is 1.80. The maximum absolute atomic E-state index is 13.1. The van der Waals surface area contributed by atoms with Crippen LogP contribution in [0.5, 0.6) is 0 Å². The van der Waals surface area contributed by atoms with Gasteiger partial charge < -0.3 is 11.1 Å². The Labute approximate surface area is 93.3 Å². The van der Waals surface area contributed by atoms with Crippen molar-refractivity contribution in [3.05, 3.63) is 24.0 Å². The molecular formula is C10H12ClFN2O. The van der Waals surface area contributed by atoms with E-state index in [2.05, 4.69) is 5.32 Å². The van der Waals surface area contributed by atoms with Gasteiger partial charge in [-0.2, -0.15) is 0 Å². The van der Waals surface area contributed by atoms with Crippen LogP contribution in [-0.2, 0) is 4.79 Å². The molecule has 0 unspecified atom stereocenters. The average molecular weight is 231 g/mol. The molecule has 82 valence electrons. The van der Waals surface area contributed by atoms with E-state index >= 15 is 0 Å². The molecule has 1 saturated carbocycles. The van der Waals surface area contributed by atoms with Crippen LogP contribution in [-0.4, -0.2) is 5.91 Å². The predicted molar refractivity (Wildman–Crippen MR) is 59.4 cm³/mol. The van der Waals surface area contributed by atoms with Crippen molar-refractivity contribution >= 4 is 29.7 Å². The van der Waals surface area contributed by atoms with Gasteiger partial charge in [-0.05, 0) is 31.0 Å². The quantitative estimate of drug-likeness (QED) is 0.766. The van der Waals surface area contributed by atoms with Crippen LogP contribution in [0.1, 0.15) is 12.8 Å². The molecule has 1 aromatic carbocycles. The Hall–Kier alpha value is -1.29. The maximum atomic E-state index is 13.1. The van der Waals surface area contributed by atoms with E-state index in [9.17, 15) is 9.18 Å². The second-order valence-electron chi connectivity index (χ2n) is 3.50. The van der Waals surface area contributed by atoms with Crippen LogP contribution in [0.25, 0.3) is 0 Å². The second kappa shape index (κ2) is 4.49. The molecular weight excluding hydrogens is 219 g/mol. The zero-order valence-electron chi connectivity index (χ0n) is 8.00. The topological polar surface area (TPSA) is 55.1 Å². The van der Waals surface area contributed by atoms with E-state index in [-0.39, 0.29) is 29.9 Å². The second-order valence-corrected chi connectivity index (χ2v) is 3.50. The first-order valence-electron chi connectivity index (χ1n) is 4.52. The van der Waals surface area contributed by atoms with Gasteiger partial charge in [0.25, 0.3) is 0 Å². The van der Waals surface area contributed by atoms with Gasteiger partial charge in [0.1, 0.15) is 5.82 Å². The van der Waals surface area contributed by atoms with Gasteiger partial charge in [0, 0.05) is 11.6 Å². The molecule has 0 heterocycles. The van der Waals surface area contributed by atoms with Crippen molar-refractivity contribution in [3.8, 4) is 0 Å². The molecule has 1 aliphatic rings. The highest BCUT2D eigenvalue weighted by Gasteiger charge is 2.29. The summed E-state index contributed by atoms with van der Waals surface area (Å²) >= 11 is 0. The van der Waals surface area contributed by atoms with Crippen molar-refractivity contribution in [1.82, 2.24) is 0 Å². The van der Waals surface area contributed by atoms with Crippen LogP contribution in [0.2, 0.25) is 0 Å². The van der Waals surface area contributed by atoms with Crippen LogP contribution < -0.4 is 11.1 Å². The van der Waals surface area contributed by atoms with E-state index in [0.717, 1.165) is 12.8 Å². The van der Waals surface area contributed by atoms with E-state index in [0.29, 0.717) is 5.69 Å². The molecule has 1 amide bonds. The first-order chi connectivity index (χ1) is 6.66. The molecule has 5 heteroatoms. The molecule has 3 nitrogen and oxygen atoms in total. The number of carbonyl (C=O) groups excluding carboxylic acids is 1. The standard InChI is InChI=1S/C10H11FN2O.ClH/c11-8-4-3-7(12)5-9(8)13-10(14)6-1-2-6;/h3-6H,1-2,12H2,(H,13,14);1H. The smallest absolute Gasteiger partial charge is 0.227 e. The molecule has 0 aromatic heterocycles. The van der Waals surface area contributed by atoms with Crippen LogP contribution in [0.3, 0.4) is 0 Å². The summed E-state index contributed by atoms with van der Waals surface area (Å²) in [6.45, 7) is 0. The summed E-state index contributed by atoms with van der Waals surface area (Å²) in [5, 5.41) is 2.52. The number of anilines is 2. The van der Waals surface area contributed by atoms with Crippen LogP contribution in [0.15, 0.2) is 18.2 Å². The number of nitrogen functional groups attached to an aromatic ring is 1. The highest BCUT2D eigenvalue weighted by Crippen LogP contribution is 2.30. The number of halogens is 2. The molecule has 1 aromatic rings. The maximum Gasteiger partial charge on any atom is 0.227 e. The number of nitrogens with two attached hydrogens (primary N) is 1. The zero-order valence-corrected chi connectivity index (χ0v) is 8.81. The number of carbonyl (C=O) groups is 1. The van der Waals surface area contributed by atoms with Crippen LogP contribution in [0.4, 0.5) is 15.8 Å². The molecule has 1 aliphatic carbocycles. The fourth-order valence-electron chi connectivity index (χ4n) is 1.22. The molecule has 0 radical (unpaired) electrons. The van der Waals surface area contributed by atoms with Gasteiger partial charge in [-0.1, -0.05) is 0 Å². The highest BCUT2D eigenvalue weighted by atomic mass is 35.5. The minimum absolute atomic E-state index is 0. The van der Waals surface area contributed by atoms with E-state index in [1.807, 2.05) is 0 Å². The van der Waals surface area contributed by atoms with Gasteiger partial charge in [-0.15, -0.1) is 12.4 Å². The lowest BCUT2D eigenvalue weighted by Crippen LogP contribution is -2.14. The number of hydrogen-bond donors (Lipinski definition) is 2. The highest BCUT2D eigenvalue weighted by molar-refractivity contribution is 5.94. The number of benzene rings is 1. The van der Waals surface area contributed by atoms with Crippen molar-refractivity contribution in [1.29, 1.82) is 0 Å². The third kappa shape index (κ3) is 2.83. The minimum Gasteiger partial charge on any atom is -0.399 e. The number of hydrogen-bond acceptors (Lipinski definition) is 2. The van der Waals surface area contributed by atoms with Crippen LogP contribution >= 0.6 is 12.4 Å². The average Bonchev–Trinajstić information content (AvgIpc) is 2.94. The summed E-state index contributed by atoms with van der Waals surface area (Å²) in [7, 11) is 0. The lowest BCUT2D eigenvalue weighted by Gasteiger charge is -2.05. The van der Waals surface area contributed by atoms with E-state index in [1.165, 1.54) is 18.2 Å². The molecule has 0 aliphatic heterocycles. The van der Waals surface area contributed by atoms with Gasteiger partial charge in [0.2, 0.25) is 5.91 Å². The largest absolute Gasteiger partial charge is 0.399 e. The van der Waals surface area contributed by atoms with E-state index in [4.69, 9.17) is 5.73 Å². The molecule has 2 rings (SSSR count). The minimum atomic E-state index is -0.451. The zero-order chi connectivity index (χ0) is 10.1. The Balaban J connectivity index is 0.00000112. The molecule has 0 spiro atoms. The summed E-state index contributed by atoms with van der Waals surface area (Å²) in [6, 6.07) is 4.13. The Bertz CT molecular complexity index is 380. The summed E-state index contributed by atoms with van der Waals surface area (Å²) in [5.41, 5.74) is 6.09. The molecule has 15 heavy (non-hydrogen) atoms. The first kappa shape index (κ1) is 11.8. The van der Waals surface area contributed by atoms with Crippen LogP contribution in [0, 0.1) is 11.7 Å². The Kier molecular flexibility index (Phi) is 3.52. The first-order valence-corrected chi connectivity index (χ1v) is 4.52. The Morgan fingerprint density at radius 3 is 2.73 bits per heavy atom. The third-order valence-corrected chi connectivity index (χ3v) is 2.20. The van der Waals surface area contributed by atoms with Crippen molar-refractivity contribution in [2.75, 3.05) is 11.1 Å². The van der Waals surface area contributed by atoms with Gasteiger partial charge in [-0.3, -0.25) is 4.79 Å². The molecule has 1 fully saturated rings. The third-order valence-electron chi connectivity index (χ3n) is 2.20. The molecule has 0 bridgehead atoms. The van der Waals surface area contributed by atoms with Gasteiger partial charge in [0.05, 0.1) is 5.69 Å². The normalized spacial score (nSPS) is 14.2. The summed E-state index contributed by atoms with van der Waals surface area (Å²) in [5.74, 6) is -0.501. The summed E-state index contributed by atoms with van der Waals surface area (Å²) < 4.78 is 13.1. The number of nitrogens with one attached hydrogen (secondary N) is 1. The predicted octanol–water partition coefficient (Wildman–Crippen LogP) is 2.18. The summed E-state index contributed by atoms with van der Waals surface area (Å²) in [4.78, 5) is 11.3. The fourth-order valence-corrected chi connectivity index (χ4v) is 1.22. The lowest BCUT2D eigenvalue weighted by atomic mass is 10.2. The Morgan fingerprint density at radius 1 is 1.47 bits per heavy atom.